The Balaban J connectivity index is 0.000000442. The summed E-state index contributed by atoms with van der Waals surface area (Å²) in [6.07, 6.45) is 16.0. The van der Waals surface area contributed by atoms with Crippen LogP contribution in [0.1, 0.15) is 12.8 Å². The van der Waals surface area contributed by atoms with E-state index in [0.717, 1.165) is 0 Å². The van der Waals surface area contributed by atoms with Gasteiger partial charge >= 0.3 is 79.1 Å². The maximum absolute atomic E-state index is 7.72. The molecule has 0 aromatic carbocycles. The van der Waals surface area contributed by atoms with Crippen LogP contribution in [0.5, 0.6) is 0 Å². The van der Waals surface area contributed by atoms with Gasteiger partial charge in [0.2, 0.25) is 0 Å². The van der Waals surface area contributed by atoms with Crippen LogP contribution in [0.2, 0.25) is 0 Å². The Morgan fingerprint density at radius 3 is 1.53 bits per heavy atom. The molecule has 0 atom stereocenters. The first-order valence-electron chi connectivity index (χ1n) is 4.24. The van der Waals surface area contributed by atoms with Crippen LogP contribution in [0.3, 0.4) is 0 Å². The zero-order chi connectivity index (χ0) is 11.5. The molecule has 80 valence electrons. The normalized spacial score (nSPS) is 15.5. The fourth-order valence-electron chi connectivity index (χ4n) is 1.29. The van der Waals surface area contributed by atoms with E-state index in [-0.39, 0.29) is 23.2 Å². The molecule has 2 aliphatic carbocycles. The van der Waals surface area contributed by atoms with Gasteiger partial charge in [-0.25, -0.2) is 23.7 Å². The third kappa shape index (κ3) is 6.49. The molecule has 0 saturated carbocycles. The largest absolute Gasteiger partial charge is 0.769 e. The Kier molecular flexibility index (Phi) is 11.1. The molecular formula is C10H10Cl2O2Zr. The maximum Gasteiger partial charge on any atom is -0.231 e. The standard InChI is InChI=1S/2C5H5.2ClO.Zr/c2*1-2-4-5-3-1;2*1-2;/h2*1-3H,4H2;;;/q;;2*-1;+2. The van der Waals surface area contributed by atoms with E-state index in [1.54, 1.807) is 6.56 Å². The summed E-state index contributed by atoms with van der Waals surface area (Å²) in [7, 11) is 0. The molecule has 2 aliphatic rings. The molecule has 0 radical (unpaired) electrons. The molecule has 0 aromatic heterocycles. The summed E-state index contributed by atoms with van der Waals surface area (Å²) < 4.78 is 18.9. The Morgan fingerprint density at radius 1 is 0.867 bits per heavy atom. The van der Waals surface area contributed by atoms with Crippen LogP contribution in [-0.2, 0) is 23.2 Å². The van der Waals surface area contributed by atoms with Crippen molar-refractivity contribution in [3.63, 3.8) is 0 Å². The van der Waals surface area contributed by atoms with Gasteiger partial charge in [0.25, 0.3) is 0 Å². The van der Waals surface area contributed by atoms with Crippen LogP contribution >= 0.6 is 23.7 Å². The molecule has 5 heteroatoms. The van der Waals surface area contributed by atoms with Crippen molar-refractivity contribution in [2.75, 3.05) is 0 Å². The molecule has 0 spiro atoms. The molecule has 0 fully saturated rings. The van der Waals surface area contributed by atoms with Gasteiger partial charge in [0.1, 0.15) is 0 Å². The first-order valence-corrected chi connectivity index (χ1v) is 7.32. The summed E-state index contributed by atoms with van der Waals surface area (Å²) in [6.45, 7) is 0. The van der Waals surface area contributed by atoms with Gasteiger partial charge in [-0.1, -0.05) is 0 Å². The van der Waals surface area contributed by atoms with Gasteiger partial charge in [0, 0.05) is 0 Å². The average Bonchev–Trinajstić information content (AvgIpc) is 2.98. The third-order valence-corrected chi connectivity index (χ3v) is 5.27. The monoisotopic (exact) mass is 322 g/mol. The topological polar surface area (TPSA) is 46.1 Å². The molecule has 2 rings (SSSR count). The zero-order valence-corrected chi connectivity index (χ0v) is 11.9. The quantitative estimate of drug-likeness (QED) is 0.777. The van der Waals surface area contributed by atoms with Crippen molar-refractivity contribution in [1.82, 2.24) is 0 Å². The zero-order valence-electron chi connectivity index (χ0n) is 7.95. The molecule has 0 saturated heterocycles. The summed E-state index contributed by atoms with van der Waals surface area (Å²) in [5.41, 5.74) is 0. The fourth-order valence-corrected chi connectivity index (χ4v) is 4.26. The molecule has 0 aromatic rings. The first kappa shape index (κ1) is 15.3. The van der Waals surface area contributed by atoms with E-state index in [0.29, 0.717) is 0 Å². The second-order valence-electron chi connectivity index (χ2n) is 2.77. The Morgan fingerprint density at radius 2 is 1.27 bits per heavy atom. The maximum atomic E-state index is 7.72. The number of halogens is 2. The van der Waals surface area contributed by atoms with Gasteiger partial charge in [-0.3, -0.25) is 0 Å². The smallest absolute Gasteiger partial charge is 0.231 e. The van der Waals surface area contributed by atoms with Crippen molar-refractivity contribution in [2.24, 2.45) is 0 Å². The second kappa shape index (κ2) is 10.8. The van der Waals surface area contributed by atoms with Crippen LogP contribution in [0, 0.1) is 0 Å². The van der Waals surface area contributed by atoms with Crippen LogP contribution in [0.4, 0.5) is 0 Å². The van der Waals surface area contributed by atoms with Crippen molar-refractivity contribution >= 4 is 23.7 Å². The average molecular weight is 324 g/mol. The van der Waals surface area contributed by atoms with E-state index in [1.807, 2.05) is 0 Å². The molecule has 0 aliphatic heterocycles. The molecule has 0 unspecified atom stereocenters. The van der Waals surface area contributed by atoms with Crippen molar-refractivity contribution in [3.05, 3.63) is 43.0 Å². The van der Waals surface area contributed by atoms with Crippen LogP contribution < -0.4 is 9.32 Å². The van der Waals surface area contributed by atoms with E-state index in [9.17, 15) is 0 Å². The van der Waals surface area contributed by atoms with Crippen molar-refractivity contribution < 1.29 is 32.6 Å². The molecule has 0 bridgehead atoms. The van der Waals surface area contributed by atoms with Gasteiger partial charge in [-0.2, -0.15) is 0 Å². The Hall–Kier alpha value is 0.343. The molecule has 0 N–H and O–H groups in total. The minimum Gasteiger partial charge on any atom is -0.769 e. The molecule has 2 nitrogen and oxygen atoms in total. The van der Waals surface area contributed by atoms with E-state index in [4.69, 9.17) is 9.32 Å². The first-order chi connectivity index (χ1) is 7.45. The van der Waals surface area contributed by atoms with Crippen molar-refractivity contribution in [2.45, 2.75) is 12.8 Å². The van der Waals surface area contributed by atoms with Crippen LogP contribution in [0.25, 0.3) is 0 Å². The predicted octanol–water partition coefficient (Wildman–Crippen LogP) is 1.76. The van der Waals surface area contributed by atoms with Gasteiger partial charge in [-0.15, -0.1) is 0 Å². The Bertz CT molecular complexity index is 255. The van der Waals surface area contributed by atoms with Gasteiger partial charge < -0.3 is 9.32 Å². The number of allylic oxidation sites excluding steroid dienone is 8. The number of hydrogen-bond donors (Lipinski definition) is 0. The SMILES string of the molecule is C1=CC[C]([Zr+2][C]2=CC=CC2)=C1.[O-]Cl.[O-]Cl. The van der Waals surface area contributed by atoms with E-state index in [2.05, 4.69) is 60.2 Å². The summed E-state index contributed by atoms with van der Waals surface area (Å²) in [6, 6.07) is 0. The second-order valence-corrected chi connectivity index (χ2v) is 6.55. The molecular weight excluding hydrogens is 314 g/mol. The summed E-state index contributed by atoms with van der Waals surface area (Å²) >= 11 is 6.47. The summed E-state index contributed by atoms with van der Waals surface area (Å²) in [5, 5.41) is 0. The molecule has 15 heavy (non-hydrogen) atoms. The summed E-state index contributed by atoms with van der Waals surface area (Å²) in [4.78, 5) is 0. The van der Waals surface area contributed by atoms with Crippen molar-refractivity contribution in [1.29, 1.82) is 0 Å². The van der Waals surface area contributed by atoms with E-state index >= 15 is 0 Å². The molecule has 0 heterocycles. The van der Waals surface area contributed by atoms with E-state index in [1.165, 1.54) is 12.8 Å². The van der Waals surface area contributed by atoms with Gasteiger partial charge in [0.15, 0.2) is 0 Å². The van der Waals surface area contributed by atoms with Gasteiger partial charge in [0.05, 0.1) is 0 Å². The fraction of sp³-hybridized carbons (Fsp3) is 0.200. The van der Waals surface area contributed by atoms with Crippen molar-refractivity contribution in [3.8, 4) is 0 Å². The Labute approximate surface area is 112 Å². The summed E-state index contributed by atoms with van der Waals surface area (Å²) in [5.74, 6) is 0. The minimum atomic E-state index is -0.312. The predicted molar refractivity (Wildman–Crippen MR) is 55.4 cm³/mol. The number of rotatable bonds is 2. The third-order valence-electron chi connectivity index (χ3n) is 1.86. The van der Waals surface area contributed by atoms with Gasteiger partial charge in [-0.05, 0) is 0 Å². The van der Waals surface area contributed by atoms with E-state index < -0.39 is 0 Å². The molecule has 0 amide bonds. The van der Waals surface area contributed by atoms with Crippen LogP contribution in [0.15, 0.2) is 43.0 Å². The minimum absolute atomic E-state index is 0.312. The number of hydrogen-bond acceptors (Lipinski definition) is 2. The van der Waals surface area contributed by atoms with Crippen LogP contribution in [-0.4, -0.2) is 0 Å².